The number of ether oxygens (including phenoxy) is 1. The molecule has 17 heavy (non-hydrogen) atoms. The van der Waals surface area contributed by atoms with Crippen molar-refractivity contribution in [3.63, 3.8) is 0 Å². The Morgan fingerprint density at radius 2 is 1.65 bits per heavy atom. The van der Waals surface area contributed by atoms with Crippen molar-refractivity contribution in [2.24, 2.45) is 11.3 Å². The van der Waals surface area contributed by atoms with E-state index < -0.39 is 0 Å². The number of rotatable bonds is 10. The Kier molecular flexibility index (Phi) is 9.20. The summed E-state index contributed by atoms with van der Waals surface area (Å²) in [6.07, 6.45) is 8.75. The Morgan fingerprint density at radius 3 is 2.18 bits per heavy atom. The lowest BCUT2D eigenvalue weighted by molar-refractivity contribution is -0.128. The van der Waals surface area contributed by atoms with E-state index >= 15 is 0 Å². The van der Waals surface area contributed by atoms with Crippen LogP contribution in [0.1, 0.15) is 72.6 Å². The van der Waals surface area contributed by atoms with E-state index in [1.165, 1.54) is 38.5 Å². The van der Waals surface area contributed by atoms with Crippen molar-refractivity contribution in [2.75, 3.05) is 6.61 Å². The zero-order chi connectivity index (χ0) is 13.1. The van der Waals surface area contributed by atoms with E-state index in [0.717, 1.165) is 12.3 Å². The Labute approximate surface area is 107 Å². The van der Waals surface area contributed by atoms with Gasteiger partial charge in [0, 0.05) is 0 Å². The molecule has 1 unspecified atom stereocenters. The van der Waals surface area contributed by atoms with Crippen LogP contribution >= 0.6 is 0 Å². The summed E-state index contributed by atoms with van der Waals surface area (Å²) in [5.41, 5.74) is 0.451. The first kappa shape index (κ1) is 16.5. The minimum absolute atomic E-state index is 0.451. The van der Waals surface area contributed by atoms with Gasteiger partial charge in [-0.1, -0.05) is 59.8 Å². The minimum Gasteiger partial charge on any atom is -0.468 e. The first-order chi connectivity index (χ1) is 8.02. The largest absolute Gasteiger partial charge is 0.468 e. The molecular formula is C15H30O2. The van der Waals surface area contributed by atoms with E-state index in [1.807, 2.05) is 0 Å². The summed E-state index contributed by atoms with van der Waals surface area (Å²) in [4.78, 5) is 9.92. The van der Waals surface area contributed by atoms with E-state index in [1.54, 1.807) is 0 Å². The fraction of sp³-hybridized carbons (Fsp3) is 0.933. The van der Waals surface area contributed by atoms with Crippen LogP contribution in [-0.4, -0.2) is 13.1 Å². The predicted octanol–water partition coefficient (Wildman–Crippen LogP) is 4.57. The number of unbranched alkanes of at least 4 members (excludes halogenated alkanes) is 4. The van der Waals surface area contributed by atoms with Gasteiger partial charge in [0.2, 0.25) is 0 Å². The molecule has 0 radical (unpaired) electrons. The van der Waals surface area contributed by atoms with E-state index in [0.29, 0.717) is 18.5 Å². The van der Waals surface area contributed by atoms with E-state index in [9.17, 15) is 4.79 Å². The van der Waals surface area contributed by atoms with E-state index in [2.05, 4.69) is 32.4 Å². The van der Waals surface area contributed by atoms with Crippen molar-refractivity contribution in [1.29, 1.82) is 0 Å². The van der Waals surface area contributed by atoms with Gasteiger partial charge in [0.25, 0.3) is 6.47 Å². The zero-order valence-corrected chi connectivity index (χ0v) is 12.1. The van der Waals surface area contributed by atoms with Gasteiger partial charge in [-0.25, -0.2) is 0 Å². The van der Waals surface area contributed by atoms with Crippen LogP contribution in [0.2, 0.25) is 0 Å². The maximum Gasteiger partial charge on any atom is 0.293 e. The van der Waals surface area contributed by atoms with Crippen molar-refractivity contribution in [3.05, 3.63) is 0 Å². The van der Waals surface area contributed by atoms with E-state index in [-0.39, 0.29) is 0 Å². The molecule has 0 saturated heterocycles. The van der Waals surface area contributed by atoms with Crippen molar-refractivity contribution in [2.45, 2.75) is 72.6 Å². The van der Waals surface area contributed by atoms with Gasteiger partial charge in [0.05, 0.1) is 6.61 Å². The van der Waals surface area contributed by atoms with Gasteiger partial charge < -0.3 is 4.74 Å². The van der Waals surface area contributed by atoms with Gasteiger partial charge in [-0.05, 0) is 24.2 Å². The molecule has 2 nitrogen and oxygen atoms in total. The van der Waals surface area contributed by atoms with Crippen molar-refractivity contribution < 1.29 is 9.53 Å². The molecular weight excluding hydrogens is 212 g/mol. The summed E-state index contributed by atoms with van der Waals surface area (Å²) in [5.74, 6) is 0.848. The Bertz CT molecular complexity index is 182. The first-order valence-electron chi connectivity index (χ1n) is 7.07. The van der Waals surface area contributed by atoms with Gasteiger partial charge in [0.15, 0.2) is 0 Å². The summed E-state index contributed by atoms with van der Waals surface area (Å²) in [5, 5.41) is 0. The zero-order valence-electron chi connectivity index (χ0n) is 12.1. The van der Waals surface area contributed by atoms with Gasteiger partial charge in [-0.3, -0.25) is 4.79 Å². The van der Waals surface area contributed by atoms with Crippen LogP contribution in [0.3, 0.4) is 0 Å². The van der Waals surface area contributed by atoms with Crippen molar-refractivity contribution >= 4 is 6.47 Å². The van der Waals surface area contributed by atoms with Gasteiger partial charge in [-0.2, -0.15) is 0 Å². The van der Waals surface area contributed by atoms with Gasteiger partial charge >= 0.3 is 0 Å². The normalized spacial score (nSPS) is 13.4. The number of carbonyl (C=O) groups is 1. The summed E-state index contributed by atoms with van der Waals surface area (Å²) < 4.78 is 4.66. The summed E-state index contributed by atoms with van der Waals surface area (Å²) in [6.45, 7) is 10.5. The molecule has 0 aliphatic carbocycles. The molecule has 0 rings (SSSR count). The lowest BCUT2D eigenvalue weighted by Crippen LogP contribution is -2.19. The fourth-order valence-corrected chi connectivity index (χ4v) is 2.40. The third kappa shape index (κ3) is 9.20. The van der Waals surface area contributed by atoms with Crippen LogP contribution in [-0.2, 0) is 9.53 Å². The summed E-state index contributed by atoms with van der Waals surface area (Å²) in [6, 6.07) is 0. The summed E-state index contributed by atoms with van der Waals surface area (Å²) in [7, 11) is 0. The molecule has 1 atom stereocenters. The predicted molar refractivity (Wildman–Crippen MR) is 73.0 cm³/mol. The second kappa shape index (κ2) is 9.49. The third-order valence-electron chi connectivity index (χ3n) is 3.60. The summed E-state index contributed by atoms with van der Waals surface area (Å²) >= 11 is 0. The maximum atomic E-state index is 9.92. The third-order valence-corrected chi connectivity index (χ3v) is 3.60. The van der Waals surface area contributed by atoms with Crippen LogP contribution in [0, 0.1) is 11.3 Å². The minimum atomic E-state index is 0.451. The molecule has 0 aromatic heterocycles. The molecule has 0 bridgehead atoms. The quantitative estimate of drug-likeness (QED) is 0.414. The number of carbonyl (C=O) groups excluding carboxylic acids is 1. The molecule has 0 amide bonds. The number of hydrogen-bond donors (Lipinski definition) is 0. The molecule has 0 aliphatic heterocycles. The van der Waals surface area contributed by atoms with Crippen LogP contribution < -0.4 is 0 Å². The van der Waals surface area contributed by atoms with Crippen LogP contribution in [0.4, 0.5) is 0 Å². The van der Waals surface area contributed by atoms with Crippen LogP contribution in [0.15, 0.2) is 0 Å². The molecule has 0 aliphatic rings. The molecule has 0 heterocycles. The first-order valence-corrected chi connectivity index (χ1v) is 7.07. The Hall–Kier alpha value is -0.530. The number of hydrogen-bond acceptors (Lipinski definition) is 2. The molecule has 2 heteroatoms. The van der Waals surface area contributed by atoms with E-state index in [4.69, 9.17) is 0 Å². The Balaban J connectivity index is 3.40. The lowest BCUT2D eigenvalue weighted by atomic mass is 9.76. The topological polar surface area (TPSA) is 26.3 Å². The van der Waals surface area contributed by atoms with Gasteiger partial charge in [0.1, 0.15) is 0 Å². The molecule has 0 aromatic rings. The Morgan fingerprint density at radius 1 is 1.06 bits per heavy atom. The average molecular weight is 242 g/mol. The monoisotopic (exact) mass is 242 g/mol. The van der Waals surface area contributed by atoms with Crippen LogP contribution in [0.5, 0.6) is 0 Å². The average Bonchev–Trinajstić information content (AvgIpc) is 2.25. The molecule has 0 spiro atoms. The standard InChI is InChI=1S/C15H30O2/c1-5-14(15(2,3)4)11-9-7-6-8-10-12-17-13-16/h13-14H,5-12H2,1-4H3. The molecule has 102 valence electrons. The molecule has 0 saturated carbocycles. The highest BCUT2D eigenvalue weighted by Crippen LogP contribution is 2.32. The second-order valence-electron chi connectivity index (χ2n) is 5.99. The highest BCUT2D eigenvalue weighted by molar-refractivity contribution is 5.36. The second-order valence-corrected chi connectivity index (χ2v) is 5.99. The fourth-order valence-electron chi connectivity index (χ4n) is 2.40. The highest BCUT2D eigenvalue weighted by atomic mass is 16.5. The maximum absolute atomic E-state index is 9.92. The highest BCUT2D eigenvalue weighted by Gasteiger charge is 2.21. The molecule has 0 fully saturated rings. The molecule has 0 N–H and O–H groups in total. The molecule has 0 aromatic carbocycles. The van der Waals surface area contributed by atoms with Crippen LogP contribution in [0.25, 0.3) is 0 Å². The van der Waals surface area contributed by atoms with Gasteiger partial charge in [-0.15, -0.1) is 0 Å². The van der Waals surface area contributed by atoms with Crippen molar-refractivity contribution in [3.8, 4) is 0 Å². The lowest BCUT2D eigenvalue weighted by Gasteiger charge is -2.29. The SMILES string of the molecule is CCC(CCCCCCCOC=O)C(C)(C)C. The smallest absolute Gasteiger partial charge is 0.293 e. The van der Waals surface area contributed by atoms with Crippen molar-refractivity contribution in [1.82, 2.24) is 0 Å².